The lowest BCUT2D eigenvalue weighted by Gasteiger charge is -2.36. The SMILES string of the molecule is Cc1cc(N2CCN(C(=O)NC(c3ccccc3)C(C)C)CC2)nc(C(C)C)n1. The quantitative estimate of drug-likeness (QED) is 0.827. The molecule has 2 heterocycles. The van der Waals surface area contributed by atoms with E-state index in [0.717, 1.165) is 36.0 Å². The standard InChI is InChI=1S/C23H33N5O/c1-16(2)21(19-9-7-6-8-10-19)26-23(29)28-13-11-27(12-14-28)20-15-18(5)24-22(25-20)17(3)4/h6-10,15-17,21H,11-14H2,1-5H3,(H,26,29). The fraction of sp³-hybridized carbons (Fsp3) is 0.522. The van der Waals surface area contributed by atoms with Crippen LogP contribution in [-0.2, 0) is 0 Å². The number of anilines is 1. The maximum atomic E-state index is 12.9. The predicted octanol–water partition coefficient (Wildman–Crippen LogP) is 4.14. The van der Waals surface area contributed by atoms with Crippen molar-refractivity contribution in [2.45, 2.75) is 46.6 Å². The molecular weight excluding hydrogens is 362 g/mol. The molecule has 1 N–H and O–H groups in total. The van der Waals surface area contributed by atoms with Gasteiger partial charge >= 0.3 is 6.03 Å². The zero-order chi connectivity index (χ0) is 21.0. The van der Waals surface area contributed by atoms with Crippen molar-refractivity contribution in [3.63, 3.8) is 0 Å². The normalized spacial score (nSPS) is 15.7. The molecule has 156 valence electrons. The first kappa shape index (κ1) is 21.1. The van der Waals surface area contributed by atoms with Gasteiger partial charge in [0.1, 0.15) is 11.6 Å². The van der Waals surface area contributed by atoms with Crippen molar-refractivity contribution < 1.29 is 4.79 Å². The van der Waals surface area contributed by atoms with E-state index < -0.39 is 0 Å². The summed E-state index contributed by atoms with van der Waals surface area (Å²) in [5, 5.41) is 3.23. The molecule has 1 unspecified atom stereocenters. The maximum Gasteiger partial charge on any atom is 0.318 e. The van der Waals surface area contributed by atoms with Gasteiger partial charge in [-0.1, -0.05) is 58.0 Å². The molecule has 1 saturated heterocycles. The summed E-state index contributed by atoms with van der Waals surface area (Å²) in [6.07, 6.45) is 0. The van der Waals surface area contributed by atoms with Gasteiger partial charge in [-0.2, -0.15) is 0 Å². The van der Waals surface area contributed by atoms with Crippen molar-refractivity contribution in [2.24, 2.45) is 5.92 Å². The molecule has 1 atom stereocenters. The molecule has 0 bridgehead atoms. The van der Waals surface area contributed by atoms with Gasteiger partial charge in [0.15, 0.2) is 0 Å². The largest absolute Gasteiger partial charge is 0.353 e. The van der Waals surface area contributed by atoms with Gasteiger partial charge in [0.25, 0.3) is 0 Å². The van der Waals surface area contributed by atoms with E-state index in [0.29, 0.717) is 24.9 Å². The molecule has 1 aromatic carbocycles. The Morgan fingerprint density at radius 3 is 2.24 bits per heavy atom. The van der Waals surface area contributed by atoms with Crippen molar-refractivity contribution >= 4 is 11.8 Å². The molecule has 1 aliphatic heterocycles. The second-order valence-electron chi connectivity index (χ2n) is 8.44. The summed E-state index contributed by atoms with van der Waals surface area (Å²) in [5.41, 5.74) is 2.13. The number of aryl methyl sites for hydroxylation is 1. The molecule has 0 spiro atoms. The summed E-state index contributed by atoms with van der Waals surface area (Å²) in [7, 11) is 0. The first-order chi connectivity index (χ1) is 13.8. The Morgan fingerprint density at radius 2 is 1.66 bits per heavy atom. The lowest BCUT2D eigenvalue weighted by Crippen LogP contribution is -2.53. The van der Waals surface area contributed by atoms with Crippen LogP contribution in [0.5, 0.6) is 0 Å². The minimum Gasteiger partial charge on any atom is -0.353 e. The lowest BCUT2D eigenvalue weighted by molar-refractivity contribution is 0.186. The van der Waals surface area contributed by atoms with Gasteiger partial charge in [-0.05, 0) is 18.4 Å². The molecule has 1 aliphatic rings. The molecular formula is C23H33N5O. The van der Waals surface area contributed by atoms with Crippen molar-refractivity contribution in [2.75, 3.05) is 31.1 Å². The number of carbonyl (C=O) groups excluding carboxylic acids is 1. The summed E-state index contributed by atoms with van der Waals surface area (Å²) in [5.74, 6) is 2.46. The Balaban J connectivity index is 1.62. The van der Waals surface area contributed by atoms with Gasteiger partial charge in [-0.25, -0.2) is 14.8 Å². The Morgan fingerprint density at radius 1 is 1.00 bits per heavy atom. The number of piperazine rings is 1. The van der Waals surface area contributed by atoms with Crippen LogP contribution >= 0.6 is 0 Å². The highest BCUT2D eigenvalue weighted by atomic mass is 16.2. The number of nitrogens with zero attached hydrogens (tertiary/aromatic N) is 4. The molecule has 1 fully saturated rings. The van der Waals surface area contributed by atoms with Gasteiger partial charge in [-0.3, -0.25) is 0 Å². The molecule has 6 heteroatoms. The number of benzene rings is 1. The molecule has 3 rings (SSSR count). The molecule has 6 nitrogen and oxygen atoms in total. The van der Waals surface area contributed by atoms with E-state index in [9.17, 15) is 4.79 Å². The van der Waals surface area contributed by atoms with Crippen LogP contribution < -0.4 is 10.2 Å². The van der Waals surface area contributed by atoms with E-state index in [1.54, 1.807) is 0 Å². The Bertz CT molecular complexity index is 813. The minimum atomic E-state index is 0.00828. The number of amides is 2. The highest BCUT2D eigenvalue weighted by Crippen LogP contribution is 2.22. The van der Waals surface area contributed by atoms with E-state index >= 15 is 0 Å². The fourth-order valence-electron chi connectivity index (χ4n) is 3.65. The third-order valence-corrected chi connectivity index (χ3v) is 5.37. The molecule has 0 aliphatic carbocycles. The second kappa shape index (κ2) is 9.25. The number of hydrogen-bond donors (Lipinski definition) is 1. The van der Waals surface area contributed by atoms with E-state index in [2.05, 4.69) is 55.0 Å². The second-order valence-corrected chi connectivity index (χ2v) is 8.44. The number of hydrogen-bond acceptors (Lipinski definition) is 4. The van der Waals surface area contributed by atoms with Crippen LogP contribution in [0.1, 0.15) is 56.7 Å². The van der Waals surface area contributed by atoms with E-state index in [-0.39, 0.29) is 12.1 Å². The van der Waals surface area contributed by atoms with E-state index in [1.807, 2.05) is 36.1 Å². The van der Waals surface area contributed by atoms with Crippen LogP contribution in [0.15, 0.2) is 36.4 Å². The van der Waals surface area contributed by atoms with Crippen LogP contribution in [0.3, 0.4) is 0 Å². The van der Waals surface area contributed by atoms with Gasteiger partial charge in [-0.15, -0.1) is 0 Å². The highest BCUT2D eigenvalue weighted by Gasteiger charge is 2.26. The van der Waals surface area contributed by atoms with Crippen LogP contribution in [0, 0.1) is 12.8 Å². The number of rotatable bonds is 5. The van der Waals surface area contributed by atoms with Crippen molar-refractivity contribution in [1.82, 2.24) is 20.2 Å². The highest BCUT2D eigenvalue weighted by molar-refractivity contribution is 5.75. The zero-order valence-electron chi connectivity index (χ0n) is 18.2. The summed E-state index contributed by atoms with van der Waals surface area (Å²) >= 11 is 0. The first-order valence-corrected chi connectivity index (χ1v) is 10.6. The molecule has 0 radical (unpaired) electrons. The third-order valence-electron chi connectivity index (χ3n) is 5.37. The molecule has 1 aromatic heterocycles. The van der Waals surface area contributed by atoms with Crippen molar-refractivity contribution in [1.29, 1.82) is 0 Å². The van der Waals surface area contributed by atoms with Gasteiger partial charge in [0, 0.05) is 43.9 Å². The van der Waals surface area contributed by atoms with Gasteiger partial charge in [0.05, 0.1) is 6.04 Å². The van der Waals surface area contributed by atoms with E-state index in [1.165, 1.54) is 0 Å². The average molecular weight is 396 g/mol. The van der Waals surface area contributed by atoms with Crippen LogP contribution in [0.2, 0.25) is 0 Å². The summed E-state index contributed by atoms with van der Waals surface area (Å²) in [4.78, 5) is 26.3. The number of aromatic nitrogens is 2. The number of nitrogens with one attached hydrogen (secondary N) is 1. The topological polar surface area (TPSA) is 61.4 Å². The Kier molecular flexibility index (Phi) is 6.72. The average Bonchev–Trinajstić information content (AvgIpc) is 2.72. The van der Waals surface area contributed by atoms with Crippen LogP contribution in [-0.4, -0.2) is 47.1 Å². The number of urea groups is 1. The minimum absolute atomic E-state index is 0.00828. The smallest absolute Gasteiger partial charge is 0.318 e. The third kappa shape index (κ3) is 5.25. The van der Waals surface area contributed by atoms with Gasteiger partial charge < -0.3 is 15.1 Å². The predicted molar refractivity (Wildman–Crippen MR) is 117 cm³/mol. The van der Waals surface area contributed by atoms with Crippen molar-refractivity contribution in [3.05, 3.63) is 53.5 Å². The summed E-state index contributed by atoms with van der Waals surface area (Å²) in [6, 6.07) is 12.2. The molecule has 2 aromatic rings. The maximum absolute atomic E-state index is 12.9. The Hall–Kier alpha value is -2.63. The van der Waals surface area contributed by atoms with Crippen molar-refractivity contribution in [3.8, 4) is 0 Å². The van der Waals surface area contributed by atoms with E-state index in [4.69, 9.17) is 4.98 Å². The first-order valence-electron chi connectivity index (χ1n) is 10.6. The molecule has 0 saturated carbocycles. The monoisotopic (exact) mass is 395 g/mol. The molecule has 2 amide bonds. The van der Waals surface area contributed by atoms with Crippen LogP contribution in [0.25, 0.3) is 0 Å². The Labute approximate surface area is 174 Å². The fourth-order valence-corrected chi connectivity index (χ4v) is 3.65. The summed E-state index contributed by atoms with van der Waals surface area (Å²) in [6.45, 7) is 13.4. The summed E-state index contributed by atoms with van der Waals surface area (Å²) < 4.78 is 0. The molecule has 29 heavy (non-hydrogen) atoms. The van der Waals surface area contributed by atoms with Gasteiger partial charge in [0.2, 0.25) is 0 Å². The zero-order valence-corrected chi connectivity index (χ0v) is 18.2. The lowest BCUT2D eigenvalue weighted by atomic mass is 9.96. The number of carbonyl (C=O) groups is 1. The van der Waals surface area contributed by atoms with Crippen LogP contribution in [0.4, 0.5) is 10.6 Å².